The van der Waals surface area contributed by atoms with E-state index in [0.29, 0.717) is 12.3 Å². The molecular weight excluding hydrogens is 514 g/mol. The van der Waals surface area contributed by atoms with Crippen molar-refractivity contribution < 1.29 is 23.9 Å². The quantitative estimate of drug-likeness (QED) is 0.289. The van der Waals surface area contributed by atoms with Crippen LogP contribution in [0.25, 0.3) is 0 Å². The highest BCUT2D eigenvalue weighted by atomic mass is 79.9. The first-order valence-electron chi connectivity index (χ1n) is 11.6. The summed E-state index contributed by atoms with van der Waals surface area (Å²) in [4.78, 5) is 37.3. The fraction of sp³-hybridized carbons (Fsp3) is 0.423. The lowest BCUT2D eigenvalue weighted by atomic mass is 10.0. The topological polar surface area (TPSA) is 120 Å². The second-order valence-corrected chi connectivity index (χ2v) is 9.90. The first-order valence-corrected chi connectivity index (χ1v) is 12.4. The molecule has 8 nitrogen and oxygen atoms in total. The Hall–Kier alpha value is -2.91. The van der Waals surface area contributed by atoms with E-state index in [-0.39, 0.29) is 36.7 Å². The standard InChI is InChI=1S/C26H34BrN3O5/c1-16(2)14-29-24(31)22(30-25(32)23(28)17(3)4)13-18-9-11-20(12-10-18)35-26(33)34-15-19-7-5-6-8-21(19)27/h5-12,16-17,22-23H,13-15,28H2,1-4H3,(H,29,31)(H,30,32)/t22-,23-/m0/s1. The van der Waals surface area contributed by atoms with Crippen molar-refractivity contribution in [2.75, 3.05) is 6.54 Å². The Balaban J connectivity index is 1.99. The van der Waals surface area contributed by atoms with Gasteiger partial charge in [-0.05, 0) is 35.6 Å². The summed E-state index contributed by atoms with van der Waals surface area (Å²) in [5.74, 6) is -0.144. The van der Waals surface area contributed by atoms with Gasteiger partial charge < -0.3 is 25.8 Å². The molecule has 9 heteroatoms. The second kappa shape index (κ2) is 13.8. The normalized spacial score (nSPS) is 12.7. The summed E-state index contributed by atoms with van der Waals surface area (Å²) in [6, 6.07) is 12.6. The SMILES string of the molecule is CC(C)CNC(=O)[C@H](Cc1ccc(OC(=O)OCc2ccccc2Br)cc1)NC(=O)[C@@H](N)C(C)C. The molecule has 35 heavy (non-hydrogen) atoms. The minimum absolute atomic E-state index is 0.0615. The van der Waals surface area contributed by atoms with Crippen LogP contribution in [0.3, 0.4) is 0 Å². The third-order valence-electron chi connectivity index (χ3n) is 5.21. The molecule has 0 aromatic heterocycles. The summed E-state index contributed by atoms with van der Waals surface area (Å²) in [7, 11) is 0. The second-order valence-electron chi connectivity index (χ2n) is 9.05. The summed E-state index contributed by atoms with van der Waals surface area (Å²) >= 11 is 3.40. The van der Waals surface area contributed by atoms with Crippen molar-refractivity contribution >= 4 is 33.9 Å². The van der Waals surface area contributed by atoms with Gasteiger partial charge in [0.2, 0.25) is 11.8 Å². The Morgan fingerprint density at radius 2 is 1.63 bits per heavy atom. The average molecular weight is 548 g/mol. The van der Waals surface area contributed by atoms with E-state index >= 15 is 0 Å². The average Bonchev–Trinajstić information content (AvgIpc) is 2.82. The number of benzene rings is 2. The molecule has 0 radical (unpaired) electrons. The molecular formula is C26H34BrN3O5. The van der Waals surface area contributed by atoms with Gasteiger partial charge in [-0.25, -0.2) is 4.79 Å². The Morgan fingerprint density at radius 1 is 0.971 bits per heavy atom. The minimum Gasteiger partial charge on any atom is -0.429 e. The van der Waals surface area contributed by atoms with Crippen LogP contribution in [0.4, 0.5) is 4.79 Å². The van der Waals surface area contributed by atoms with Gasteiger partial charge in [0.25, 0.3) is 0 Å². The van der Waals surface area contributed by atoms with Gasteiger partial charge >= 0.3 is 6.16 Å². The first kappa shape index (κ1) is 28.3. The number of rotatable bonds is 11. The molecule has 0 heterocycles. The third kappa shape index (κ3) is 9.70. The van der Waals surface area contributed by atoms with E-state index in [1.54, 1.807) is 24.3 Å². The summed E-state index contributed by atoms with van der Waals surface area (Å²) in [6.45, 7) is 8.25. The van der Waals surface area contributed by atoms with Crippen molar-refractivity contribution in [1.82, 2.24) is 10.6 Å². The number of halogens is 1. The number of amides is 2. The molecule has 0 saturated carbocycles. The molecule has 0 aliphatic rings. The Morgan fingerprint density at radius 3 is 2.23 bits per heavy atom. The van der Waals surface area contributed by atoms with Gasteiger partial charge in [-0.15, -0.1) is 0 Å². The van der Waals surface area contributed by atoms with E-state index in [1.807, 2.05) is 52.0 Å². The Kier molecular flexibility index (Phi) is 11.2. The lowest BCUT2D eigenvalue weighted by Crippen LogP contribution is -2.54. The third-order valence-corrected chi connectivity index (χ3v) is 5.98. The predicted octanol–water partition coefficient (Wildman–Crippen LogP) is 3.95. The number of nitrogens with two attached hydrogens (primary N) is 1. The fourth-order valence-corrected chi connectivity index (χ4v) is 3.41. The van der Waals surface area contributed by atoms with Gasteiger partial charge in [-0.2, -0.15) is 0 Å². The maximum atomic E-state index is 12.7. The summed E-state index contributed by atoms with van der Waals surface area (Å²) < 4.78 is 11.2. The molecule has 0 aliphatic carbocycles. The zero-order chi connectivity index (χ0) is 26.0. The number of carbonyl (C=O) groups is 3. The van der Waals surface area contributed by atoms with E-state index in [2.05, 4.69) is 26.6 Å². The molecule has 2 aromatic carbocycles. The number of carbonyl (C=O) groups excluding carboxylic acids is 3. The summed E-state index contributed by atoms with van der Waals surface area (Å²) in [6.07, 6.45) is -0.567. The van der Waals surface area contributed by atoms with Crippen LogP contribution < -0.4 is 21.1 Å². The van der Waals surface area contributed by atoms with Crippen LogP contribution in [0.1, 0.15) is 38.8 Å². The Bertz CT molecular complexity index is 995. The maximum Gasteiger partial charge on any atom is 0.514 e. The molecule has 0 bridgehead atoms. The molecule has 2 aromatic rings. The highest BCUT2D eigenvalue weighted by molar-refractivity contribution is 9.10. The number of hydrogen-bond donors (Lipinski definition) is 3. The molecule has 0 fully saturated rings. The first-order chi connectivity index (χ1) is 16.6. The van der Waals surface area contributed by atoms with Crippen LogP contribution in [0.15, 0.2) is 53.0 Å². The molecule has 190 valence electrons. The fourth-order valence-electron chi connectivity index (χ4n) is 3.01. The van der Waals surface area contributed by atoms with Crippen molar-refractivity contribution in [3.63, 3.8) is 0 Å². The summed E-state index contributed by atoms with van der Waals surface area (Å²) in [5, 5.41) is 5.63. The van der Waals surface area contributed by atoms with Crippen LogP contribution in [0.5, 0.6) is 5.75 Å². The van der Waals surface area contributed by atoms with E-state index in [1.165, 1.54) is 0 Å². The number of ether oxygens (including phenoxy) is 2. The number of nitrogens with one attached hydrogen (secondary N) is 2. The van der Waals surface area contributed by atoms with E-state index < -0.39 is 18.2 Å². The predicted molar refractivity (Wildman–Crippen MR) is 138 cm³/mol. The van der Waals surface area contributed by atoms with E-state index in [9.17, 15) is 14.4 Å². The van der Waals surface area contributed by atoms with Crippen molar-refractivity contribution in [3.8, 4) is 5.75 Å². The molecule has 2 amide bonds. The van der Waals surface area contributed by atoms with Crippen LogP contribution in [0, 0.1) is 11.8 Å². The van der Waals surface area contributed by atoms with Gasteiger partial charge in [0.1, 0.15) is 18.4 Å². The molecule has 0 saturated heterocycles. The molecule has 2 atom stereocenters. The maximum absolute atomic E-state index is 12.7. The van der Waals surface area contributed by atoms with Gasteiger partial charge in [0.15, 0.2) is 0 Å². The van der Waals surface area contributed by atoms with Crippen molar-refractivity contribution in [2.24, 2.45) is 17.6 Å². The largest absolute Gasteiger partial charge is 0.514 e. The van der Waals surface area contributed by atoms with E-state index in [4.69, 9.17) is 15.2 Å². The highest BCUT2D eigenvalue weighted by Gasteiger charge is 2.25. The van der Waals surface area contributed by atoms with Crippen molar-refractivity contribution in [1.29, 1.82) is 0 Å². The van der Waals surface area contributed by atoms with Gasteiger partial charge in [-0.1, -0.05) is 74.0 Å². The minimum atomic E-state index is -0.825. The van der Waals surface area contributed by atoms with Crippen molar-refractivity contribution in [2.45, 2.75) is 52.8 Å². The van der Waals surface area contributed by atoms with Crippen LogP contribution >= 0.6 is 15.9 Å². The van der Waals surface area contributed by atoms with Gasteiger partial charge in [0, 0.05) is 23.0 Å². The lowest BCUT2D eigenvalue weighted by molar-refractivity contribution is -0.130. The Labute approximate surface area is 215 Å². The summed E-state index contributed by atoms with van der Waals surface area (Å²) in [5.41, 5.74) is 7.55. The van der Waals surface area contributed by atoms with Crippen LogP contribution in [-0.2, 0) is 27.4 Å². The molecule has 0 aliphatic heterocycles. The molecule has 2 rings (SSSR count). The highest BCUT2D eigenvalue weighted by Crippen LogP contribution is 2.18. The molecule has 4 N–H and O–H groups in total. The smallest absolute Gasteiger partial charge is 0.429 e. The van der Waals surface area contributed by atoms with Gasteiger partial charge in [-0.3, -0.25) is 9.59 Å². The van der Waals surface area contributed by atoms with Crippen LogP contribution in [-0.4, -0.2) is 36.6 Å². The van der Waals surface area contributed by atoms with Gasteiger partial charge in [0.05, 0.1) is 6.04 Å². The zero-order valence-corrected chi connectivity index (χ0v) is 22.1. The monoisotopic (exact) mass is 547 g/mol. The number of hydrogen-bond acceptors (Lipinski definition) is 6. The zero-order valence-electron chi connectivity index (χ0n) is 20.5. The van der Waals surface area contributed by atoms with E-state index in [0.717, 1.165) is 15.6 Å². The lowest BCUT2D eigenvalue weighted by Gasteiger charge is -2.22. The molecule has 0 unspecified atom stereocenters. The van der Waals surface area contributed by atoms with Crippen molar-refractivity contribution in [3.05, 3.63) is 64.1 Å². The molecule has 0 spiro atoms. The van der Waals surface area contributed by atoms with Crippen LogP contribution in [0.2, 0.25) is 0 Å².